The highest BCUT2D eigenvalue weighted by molar-refractivity contribution is 7.18. The fourth-order valence-corrected chi connectivity index (χ4v) is 1.89. The molecular weight excluding hydrogens is 230 g/mol. The van der Waals surface area contributed by atoms with Crippen molar-refractivity contribution in [1.29, 1.82) is 0 Å². The first-order chi connectivity index (χ1) is 6.68. The summed E-state index contributed by atoms with van der Waals surface area (Å²) in [5.41, 5.74) is -0.183. The first-order valence-corrected chi connectivity index (χ1v) is 4.81. The van der Waals surface area contributed by atoms with E-state index in [0.29, 0.717) is 0 Å². The topological polar surface area (TPSA) is 25.8 Å². The van der Waals surface area contributed by atoms with Gasteiger partial charge in [0.15, 0.2) is 5.01 Å². The van der Waals surface area contributed by atoms with E-state index in [4.69, 9.17) is 11.6 Å². The molecule has 0 saturated carbocycles. The molecule has 2 aromatic rings. The lowest BCUT2D eigenvalue weighted by Crippen LogP contribution is -1.88. The van der Waals surface area contributed by atoms with Gasteiger partial charge in [0.25, 0.3) is 0 Å². The maximum absolute atomic E-state index is 13.2. The van der Waals surface area contributed by atoms with Crippen molar-refractivity contribution >= 4 is 22.9 Å². The van der Waals surface area contributed by atoms with Crippen molar-refractivity contribution in [3.8, 4) is 10.6 Å². The Hall–Kier alpha value is -1.07. The third kappa shape index (κ3) is 1.60. The van der Waals surface area contributed by atoms with Crippen LogP contribution in [0.4, 0.5) is 8.78 Å². The fourth-order valence-electron chi connectivity index (χ4n) is 1.01. The van der Waals surface area contributed by atoms with E-state index in [2.05, 4.69) is 10.2 Å². The van der Waals surface area contributed by atoms with Gasteiger partial charge in [-0.25, -0.2) is 8.78 Å². The van der Waals surface area contributed by atoms with Crippen molar-refractivity contribution < 1.29 is 8.78 Å². The summed E-state index contributed by atoms with van der Waals surface area (Å²) in [7, 11) is 0. The monoisotopic (exact) mass is 232 g/mol. The van der Waals surface area contributed by atoms with Crippen LogP contribution >= 0.6 is 22.9 Å². The third-order valence-corrected chi connectivity index (χ3v) is 2.61. The zero-order chi connectivity index (χ0) is 10.1. The van der Waals surface area contributed by atoms with Gasteiger partial charge in [-0.1, -0.05) is 17.4 Å². The van der Waals surface area contributed by atoms with E-state index in [9.17, 15) is 8.78 Å². The largest absolute Gasteiger partial charge is 0.207 e. The van der Waals surface area contributed by atoms with E-state index >= 15 is 0 Å². The molecule has 2 nitrogen and oxygen atoms in total. The van der Waals surface area contributed by atoms with E-state index in [1.54, 1.807) is 0 Å². The molecule has 0 aliphatic carbocycles. The van der Waals surface area contributed by atoms with E-state index in [-0.39, 0.29) is 15.0 Å². The molecule has 0 radical (unpaired) electrons. The van der Waals surface area contributed by atoms with Crippen LogP contribution in [0, 0.1) is 11.6 Å². The second kappa shape index (κ2) is 3.59. The summed E-state index contributed by atoms with van der Waals surface area (Å²) in [6.07, 6.45) is 0. The van der Waals surface area contributed by atoms with Crippen molar-refractivity contribution in [2.75, 3.05) is 0 Å². The minimum Gasteiger partial charge on any atom is -0.206 e. The zero-order valence-electron chi connectivity index (χ0n) is 6.67. The average Bonchev–Trinajstić information content (AvgIpc) is 2.51. The lowest BCUT2D eigenvalue weighted by molar-refractivity contribution is 0.589. The normalized spacial score (nSPS) is 10.5. The summed E-state index contributed by atoms with van der Waals surface area (Å²) in [6.45, 7) is 0. The molecule has 1 aromatic heterocycles. The molecule has 6 heteroatoms. The maximum atomic E-state index is 13.2. The summed E-state index contributed by atoms with van der Waals surface area (Å²) in [6, 6.07) is 3.61. The molecule has 0 unspecified atom stereocenters. The smallest absolute Gasteiger partial charge is 0.206 e. The van der Waals surface area contributed by atoms with Crippen molar-refractivity contribution in [1.82, 2.24) is 10.2 Å². The Morgan fingerprint density at radius 3 is 2.29 bits per heavy atom. The molecule has 0 spiro atoms. The summed E-state index contributed by atoms with van der Waals surface area (Å²) < 4.78 is 26.6. The van der Waals surface area contributed by atoms with Crippen molar-refractivity contribution in [3.05, 3.63) is 34.3 Å². The van der Waals surface area contributed by atoms with Gasteiger partial charge < -0.3 is 0 Å². The lowest BCUT2D eigenvalue weighted by Gasteiger charge is -1.98. The molecule has 0 fully saturated rings. The molecule has 14 heavy (non-hydrogen) atoms. The van der Waals surface area contributed by atoms with E-state index < -0.39 is 11.6 Å². The minimum absolute atomic E-state index is 0.144. The fraction of sp³-hybridized carbons (Fsp3) is 0. The van der Waals surface area contributed by atoms with Gasteiger partial charge in [-0.05, 0) is 23.7 Å². The molecule has 2 rings (SSSR count). The number of aromatic nitrogens is 2. The molecular formula is C8H3ClF2N2S. The molecule has 0 aliphatic heterocycles. The highest BCUT2D eigenvalue weighted by atomic mass is 35.5. The van der Waals surface area contributed by atoms with Crippen LogP contribution in [-0.2, 0) is 0 Å². The van der Waals surface area contributed by atoms with Gasteiger partial charge in [-0.3, -0.25) is 0 Å². The van der Waals surface area contributed by atoms with Crippen LogP contribution in [0.1, 0.15) is 0 Å². The van der Waals surface area contributed by atoms with Gasteiger partial charge >= 0.3 is 0 Å². The van der Waals surface area contributed by atoms with Gasteiger partial charge in [-0.15, -0.1) is 10.2 Å². The van der Waals surface area contributed by atoms with Gasteiger partial charge in [-0.2, -0.15) is 0 Å². The van der Waals surface area contributed by atoms with Crippen molar-refractivity contribution in [2.45, 2.75) is 0 Å². The number of hydrogen-bond donors (Lipinski definition) is 0. The Labute approximate surface area is 87.2 Å². The summed E-state index contributed by atoms with van der Waals surface area (Å²) >= 11 is 6.45. The molecule has 1 heterocycles. The Morgan fingerprint density at radius 1 is 1.14 bits per heavy atom. The molecule has 0 atom stereocenters. The van der Waals surface area contributed by atoms with Gasteiger partial charge in [0.05, 0.1) is 5.56 Å². The second-order valence-corrected chi connectivity index (χ2v) is 4.02. The Balaban J connectivity index is 2.61. The molecule has 72 valence electrons. The highest BCUT2D eigenvalue weighted by Gasteiger charge is 2.14. The van der Waals surface area contributed by atoms with Gasteiger partial charge in [0.2, 0.25) is 4.47 Å². The molecule has 0 bridgehead atoms. The van der Waals surface area contributed by atoms with Gasteiger partial charge in [0.1, 0.15) is 11.6 Å². The van der Waals surface area contributed by atoms with Crippen LogP contribution in [0.2, 0.25) is 4.47 Å². The predicted molar refractivity (Wildman–Crippen MR) is 50.3 cm³/mol. The molecule has 0 saturated heterocycles. The van der Waals surface area contributed by atoms with Gasteiger partial charge in [0, 0.05) is 0 Å². The first kappa shape index (κ1) is 9.48. The predicted octanol–water partition coefficient (Wildman–Crippen LogP) is 3.14. The first-order valence-electron chi connectivity index (χ1n) is 3.62. The standard InChI is InChI=1S/C8H3ClF2N2S/c9-8-13-12-7(14-8)6-4(10)2-1-3-5(6)11/h1-3H. The van der Waals surface area contributed by atoms with Crippen LogP contribution in [0.3, 0.4) is 0 Å². The van der Waals surface area contributed by atoms with Crippen LogP contribution in [0.25, 0.3) is 10.6 Å². The summed E-state index contributed by atoms with van der Waals surface area (Å²) in [4.78, 5) is 0. The molecule has 0 amide bonds. The van der Waals surface area contributed by atoms with Crippen LogP contribution in [0.5, 0.6) is 0 Å². The lowest BCUT2D eigenvalue weighted by atomic mass is 10.2. The van der Waals surface area contributed by atoms with Crippen molar-refractivity contribution in [2.24, 2.45) is 0 Å². The van der Waals surface area contributed by atoms with E-state index in [1.807, 2.05) is 0 Å². The molecule has 0 N–H and O–H groups in total. The Bertz CT molecular complexity index is 452. The summed E-state index contributed by atoms with van der Waals surface area (Å²) in [5, 5.41) is 7.18. The highest BCUT2D eigenvalue weighted by Crippen LogP contribution is 2.30. The number of hydrogen-bond acceptors (Lipinski definition) is 3. The maximum Gasteiger partial charge on any atom is 0.207 e. The Kier molecular flexibility index (Phi) is 2.43. The van der Waals surface area contributed by atoms with Crippen molar-refractivity contribution in [3.63, 3.8) is 0 Å². The number of halogens is 3. The quantitative estimate of drug-likeness (QED) is 0.755. The minimum atomic E-state index is -0.669. The third-order valence-electron chi connectivity index (χ3n) is 1.58. The second-order valence-electron chi connectivity index (χ2n) is 2.46. The number of rotatable bonds is 1. The van der Waals surface area contributed by atoms with Crippen LogP contribution in [-0.4, -0.2) is 10.2 Å². The number of nitrogens with zero attached hydrogens (tertiary/aromatic N) is 2. The average molecular weight is 233 g/mol. The summed E-state index contributed by atoms with van der Waals surface area (Å²) in [5.74, 6) is -1.34. The van der Waals surface area contributed by atoms with E-state index in [0.717, 1.165) is 23.5 Å². The SMILES string of the molecule is Fc1cccc(F)c1-c1nnc(Cl)s1. The molecule has 1 aromatic carbocycles. The molecule has 0 aliphatic rings. The Morgan fingerprint density at radius 2 is 1.79 bits per heavy atom. The number of benzene rings is 1. The van der Waals surface area contributed by atoms with E-state index in [1.165, 1.54) is 6.07 Å². The van der Waals surface area contributed by atoms with Crippen LogP contribution in [0.15, 0.2) is 18.2 Å². The van der Waals surface area contributed by atoms with Crippen LogP contribution < -0.4 is 0 Å². The zero-order valence-corrected chi connectivity index (χ0v) is 8.24.